The molecule has 7 heteroatoms. The van der Waals surface area contributed by atoms with Crippen molar-refractivity contribution in [2.24, 2.45) is 0 Å². The van der Waals surface area contributed by atoms with Crippen LogP contribution in [0.3, 0.4) is 0 Å². The zero-order valence-electron chi connectivity index (χ0n) is 19.0. The number of amides is 2. The maximum atomic E-state index is 12.8. The molecule has 1 atom stereocenters. The molecule has 1 aliphatic heterocycles. The fourth-order valence-corrected chi connectivity index (χ4v) is 3.47. The first-order valence-electron chi connectivity index (χ1n) is 10.9. The lowest BCUT2D eigenvalue weighted by molar-refractivity contribution is -0.00614. The molecule has 172 valence electrons. The van der Waals surface area contributed by atoms with Gasteiger partial charge in [-0.15, -0.1) is 0 Å². The lowest BCUT2D eigenvalue weighted by Crippen LogP contribution is -2.57. The minimum atomic E-state index is -0.589. The molecule has 2 amide bonds. The first-order chi connectivity index (χ1) is 15.3. The average molecular weight is 441 g/mol. The molecule has 1 fully saturated rings. The molecule has 32 heavy (non-hydrogen) atoms. The molecule has 1 saturated heterocycles. The van der Waals surface area contributed by atoms with Gasteiger partial charge in [-0.3, -0.25) is 0 Å². The Morgan fingerprint density at radius 1 is 0.938 bits per heavy atom. The second-order valence-corrected chi connectivity index (χ2v) is 8.76. The molecule has 0 unspecified atom stereocenters. The summed E-state index contributed by atoms with van der Waals surface area (Å²) in [5, 5.41) is 0. The largest absolute Gasteiger partial charge is 0.494 e. The van der Waals surface area contributed by atoms with Gasteiger partial charge in [-0.25, -0.2) is 9.59 Å². The van der Waals surface area contributed by atoms with Crippen molar-refractivity contribution in [1.82, 2.24) is 9.80 Å². The molecule has 0 aromatic heterocycles. The first-order valence-corrected chi connectivity index (χ1v) is 10.9. The van der Waals surface area contributed by atoms with E-state index in [-0.39, 0.29) is 24.8 Å². The van der Waals surface area contributed by atoms with Crippen molar-refractivity contribution in [3.05, 3.63) is 66.2 Å². The zero-order valence-corrected chi connectivity index (χ0v) is 19.0. The second kappa shape index (κ2) is 10.9. The molecule has 0 bridgehead atoms. The monoisotopic (exact) mass is 440 g/mol. The number of hydrogen-bond acceptors (Lipinski definition) is 5. The van der Waals surface area contributed by atoms with Crippen LogP contribution in [0.25, 0.3) is 0 Å². The number of nitrogens with zero attached hydrogens (tertiary/aromatic N) is 2. The van der Waals surface area contributed by atoms with Crippen molar-refractivity contribution in [1.29, 1.82) is 0 Å². The van der Waals surface area contributed by atoms with Crippen LogP contribution >= 0.6 is 0 Å². The van der Waals surface area contributed by atoms with E-state index in [1.165, 1.54) is 0 Å². The molecule has 0 spiro atoms. The molecule has 7 nitrogen and oxygen atoms in total. The minimum Gasteiger partial charge on any atom is -0.494 e. The second-order valence-electron chi connectivity index (χ2n) is 8.76. The Kier molecular flexibility index (Phi) is 7.98. The fraction of sp³-hybridized carbons (Fsp3) is 0.440. The van der Waals surface area contributed by atoms with E-state index in [4.69, 9.17) is 14.2 Å². The molecule has 1 heterocycles. The highest BCUT2D eigenvalue weighted by atomic mass is 16.6. The van der Waals surface area contributed by atoms with E-state index in [1.807, 2.05) is 81.4 Å². The maximum Gasteiger partial charge on any atom is 0.410 e. The first kappa shape index (κ1) is 23.4. The Hall–Kier alpha value is -3.22. The van der Waals surface area contributed by atoms with Gasteiger partial charge in [0.05, 0.1) is 12.6 Å². The average Bonchev–Trinajstić information content (AvgIpc) is 2.77. The number of benzene rings is 2. The van der Waals surface area contributed by atoms with E-state index in [9.17, 15) is 9.59 Å². The van der Waals surface area contributed by atoms with Crippen LogP contribution in [0.2, 0.25) is 0 Å². The number of rotatable bonds is 6. The van der Waals surface area contributed by atoms with Gasteiger partial charge in [0.25, 0.3) is 0 Å². The van der Waals surface area contributed by atoms with E-state index in [1.54, 1.807) is 9.80 Å². The summed E-state index contributed by atoms with van der Waals surface area (Å²) in [5.41, 5.74) is 0.342. The zero-order chi connectivity index (χ0) is 23.0. The number of carbonyl (C=O) groups is 2. The summed E-state index contributed by atoms with van der Waals surface area (Å²) < 4.78 is 16.9. The van der Waals surface area contributed by atoms with Crippen molar-refractivity contribution >= 4 is 12.2 Å². The number of para-hydroxylation sites is 1. The standard InChI is InChI=1S/C25H32N2O5/c1-25(2,3)32-24(29)27-16-15-26(23(28)31-19-20-10-6-4-7-11-20)18-21(27)14-17-30-22-12-8-5-9-13-22/h4-13,21H,14-19H2,1-3H3/t21-/m0/s1. The summed E-state index contributed by atoms with van der Waals surface area (Å²) in [6.45, 7) is 7.30. The van der Waals surface area contributed by atoms with Crippen LogP contribution < -0.4 is 4.74 Å². The Labute approximate surface area is 189 Å². The highest BCUT2D eigenvalue weighted by Crippen LogP contribution is 2.20. The van der Waals surface area contributed by atoms with Crippen molar-refractivity contribution in [2.75, 3.05) is 26.2 Å². The molecule has 0 radical (unpaired) electrons. The van der Waals surface area contributed by atoms with Crippen molar-refractivity contribution in [2.45, 2.75) is 45.4 Å². The predicted molar refractivity (Wildman–Crippen MR) is 121 cm³/mol. The highest BCUT2D eigenvalue weighted by molar-refractivity contribution is 5.71. The van der Waals surface area contributed by atoms with Gasteiger partial charge in [-0.2, -0.15) is 0 Å². The lowest BCUT2D eigenvalue weighted by atomic mass is 10.1. The quantitative estimate of drug-likeness (QED) is 0.651. The van der Waals surface area contributed by atoms with E-state index < -0.39 is 5.60 Å². The summed E-state index contributed by atoms with van der Waals surface area (Å²) in [5.74, 6) is 0.770. The summed E-state index contributed by atoms with van der Waals surface area (Å²) in [4.78, 5) is 28.8. The predicted octanol–water partition coefficient (Wildman–Crippen LogP) is 4.71. The topological polar surface area (TPSA) is 68.3 Å². The summed E-state index contributed by atoms with van der Waals surface area (Å²) in [6, 6.07) is 18.9. The van der Waals surface area contributed by atoms with Crippen LogP contribution in [0, 0.1) is 0 Å². The van der Waals surface area contributed by atoms with Crippen molar-refractivity contribution < 1.29 is 23.8 Å². The van der Waals surface area contributed by atoms with Crippen LogP contribution in [-0.4, -0.2) is 59.9 Å². The van der Waals surface area contributed by atoms with E-state index in [0.29, 0.717) is 32.7 Å². The Balaban J connectivity index is 1.60. The van der Waals surface area contributed by atoms with Crippen molar-refractivity contribution in [3.63, 3.8) is 0 Å². The molecular weight excluding hydrogens is 408 g/mol. The summed E-state index contributed by atoms with van der Waals surface area (Å²) in [7, 11) is 0. The molecule has 2 aromatic rings. The third kappa shape index (κ3) is 7.18. The maximum absolute atomic E-state index is 12.8. The van der Waals surface area contributed by atoms with Crippen LogP contribution in [-0.2, 0) is 16.1 Å². The molecule has 1 aliphatic rings. The van der Waals surface area contributed by atoms with Gasteiger partial charge < -0.3 is 24.0 Å². The summed E-state index contributed by atoms with van der Waals surface area (Å²) in [6.07, 6.45) is -0.192. The number of hydrogen-bond donors (Lipinski definition) is 0. The Morgan fingerprint density at radius 2 is 1.59 bits per heavy atom. The van der Waals surface area contributed by atoms with Crippen molar-refractivity contribution in [3.8, 4) is 5.75 Å². The van der Waals surface area contributed by atoms with Crippen LogP contribution in [0.5, 0.6) is 5.75 Å². The van der Waals surface area contributed by atoms with Crippen LogP contribution in [0.4, 0.5) is 9.59 Å². The van der Waals surface area contributed by atoms with E-state index >= 15 is 0 Å². The SMILES string of the molecule is CC(C)(C)OC(=O)N1CCN(C(=O)OCc2ccccc2)C[C@@H]1CCOc1ccccc1. The molecule has 3 rings (SSSR count). The van der Waals surface area contributed by atoms with Gasteiger partial charge in [0, 0.05) is 26.1 Å². The minimum absolute atomic E-state index is 0.216. The molecule has 0 saturated carbocycles. The van der Waals surface area contributed by atoms with Gasteiger partial charge in [0.2, 0.25) is 0 Å². The number of ether oxygens (including phenoxy) is 3. The van der Waals surface area contributed by atoms with Gasteiger partial charge in [0.1, 0.15) is 18.0 Å². The van der Waals surface area contributed by atoms with Gasteiger partial charge in [-0.05, 0) is 38.5 Å². The molecule has 0 aliphatic carbocycles. The van der Waals surface area contributed by atoms with Crippen LogP contribution in [0.1, 0.15) is 32.8 Å². The normalized spacial score (nSPS) is 16.4. The third-order valence-electron chi connectivity index (χ3n) is 5.04. The van der Waals surface area contributed by atoms with E-state index in [2.05, 4.69) is 0 Å². The van der Waals surface area contributed by atoms with Gasteiger partial charge >= 0.3 is 12.2 Å². The molecular formula is C25H32N2O5. The highest BCUT2D eigenvalue weighted by Gasteiger charge is 2.35. The molecule has 2 aromatic carbocycles. The number of piperazine rings is 1. The Bertz CT molecular complexity index is 867. The smallest absolute Gasteiger partial charge is 0.410 e. The lowest BCUT2D eigenvalue weighted by Gasteiger charge is -2.41. The fourth-order valence-electron chi connectivity index (χ4n) is 3.47. The van der Waals surface area contributed by atoms with Crippen LogP contribution in [0.15, 0.2) is 60.7 Å². The van der Waals surface area contributed by atoms with E-state index in [0.717, 1.165) is 11.3 Å². The third-order valence-corrected chi connectivity index (χ3v) is 5.04. The Morgan fingerprint density at radius 3 is 2.25 bits per heavy atom. The number of carbonyl (C=O) groups excluding carboxylic acids is 2. The molecule has 0 N–H and O–H groups in total. The van der Waals surface area contributed by atoms with Gasteiger partial charge in [-0.1, -0.05) is 48.5 Å². The summed E-state index contributed by atoms with van der Waals surface area (Å²) >= 11 is 0. The van der Waals surface area contributed by atoms with Gasteiger partial charge in [0.15, 0.2) is 0 Å².